The van der Waals surface area contributed by atoms with Gasteiger partial charge in [-0.3, -0.25) is 0 Å². The minimum absolute atomic E-state index is 0.224. The van der Waals surface area contributed by atoms with Crippen LogP contribution >= 0.6 is 11.0 Å². The Labute approximate surface area is 109 Å². The van der Waals surface area contributed by atoms with Crippen LogP contribution in [0.15, 0.2) is 75.2 Å². The maximum absolute atomic E-state index is 11.8. The van der Waals surface area contributed by atoms with E-state index in [9.17, 15) is 8.42 Å². The summed E-state index contributed by atoms with van der Waals surface area (Å²) in [4.78, 5) is 0.224. The molecule has 6 heteroatoms. The predicted octanol–water partition coefficient (Wildman–Crippen LogP) is 3.81. The maximum atomic E-state index is 11.8. The highest BCUT2D eigenvalue weighted by Crippen LogP contribution is 2.25. The fourth-order valence-corrected chi connectivity index (χ4v) is 2.98. The second kappa shape index (κ2) is 5.79. The van der Waals surface area contributed by atoms with Crippen molar-refractivity contribution in [3.05, 3.63) is 60.7 Å². The topological polar surface area (TPSA) is 58.9 Å². The molecule has 0 radical (unpaired) electrons. The van der Waals surface area contributed by atoms with Crippen LogP contribution in [0.5, 0.6) is 0 Å². The Kier molecular flexibility index (Phi) is 4.11. The standard InChI is InChI=1S/C12H10N2O2S2/c15-18(16,12-9-5-2-6-10-12)17-14-13-11-7-3-1-4-8-11/h1-10H. The van der Waals surface area contributed by atoms with Crippen LogP contribution in [-0.4, -0.2) is 8.42 Å². The van der Waals surface area contributed by atoms with E-state index in [1.165, 1.54) is 12.1 Å². The van der Waals surface area contributed by atoms with Gasteiger partial charge in [-0.05, 0) is 24.3 Å². The van der Waals surface area contributed by atoms with Crippen LogP contribution in [0.4, 0.5) is 5.69 Å². The molecule has 0 aromatic heterocycles. The molecule has 0 aliphatic heterocycles. The fourth-order valence-electron chi connectivity index (χ4n) is 1.23. The average molecular weight is 278 g/mol. The Morgan fingerprint density at radius 1 is 0.833 bits per heavy atom. The molecule has 0 unspecified atom stereocenters. The van der Waals surface area contributed by atoms with E-state index >= 15 is 0 Å². The van der Waals surface area contributed by atoms with Crippen LogP contribution in [0, 0.1) is 0 Å². The molecule has 0 heterocycles. The highest BCUT2D eigenvalue weighted by Gasteiger charge is 2.14. The molecular weight excluding hydrogens is 268 g/mol. The Balaban J connectivity index is 2.09. The van der Waals surface area contributed by atoms with Crippen molar-refractivity contribution in [2.24, 2.45) is 9.63 Å². The van der Waals surface area contributed by atoms with E-state index in [4.69, 9.17) is 0 Å². The third-order valence-corrected chi connectivity index (χ3v) is 4.64. The normalized spacial score (nSPS) is 11.8. The summed E-state index contributed by atoms with van der Waals surface area (Å²) in [5, 5.41) is 3.83. The lowest BCUT2D eigenvalue weighted by Gasteiger charge is -1.97. The molecule has 0 N–H and O–H groups in total. The van der Waals surface area contributed by atoms with Gasteiger partial charge >= 0.3 is 0 Å². The van der Waals surface area contributed by atoms with Gasteiger partial charge in [0.2, 0.25) is 0 Å². The van der Waals surface area contributed by atoms with Gasteiger partial charge in [0.05, 0.1) is 10.6 Å². The number of rotatable bonds is 4. The van der Waals surface area contributed by atoms with E-state index in [1.54, 1.807) is 30.3 Å². The van der Waals surface area contributed by atoms with Gasteiger partial charge in [0.1, 0.15) is 11.0 Å². The first-order chi connectivity index (χ1) is 8.68. The van der Waals surface area contributed by atoms with Gasteiger partial charge in [0, 0.05) is 0 Å². The quantitative estimate of drug-likeness (QED) is 0.485. The summed E-state index contributed by atoms with van der Waals surface area (Å²) in [7, 11) is -3.02. The molecule has 0 atom stereocenters. The molecule has 0 spiro atoms. The van der Waals surface area contributed by atoms with Crippen molar-refractivity contribution in [1.82, 2.24) is 0 Å². The summed E-state index contributed by atoms with van der Waals surface area (Å²) >= 11 is 0. The molecule has 0 fully saturated rings. The molecule has 0 bridgehead atoms. The summed E-state index contributed by atoms with van der Waals surface area (Å²) in [5.41, 5.74) is 0.619. The lowest BCUT2D eigenvalue weighted by atomic mass is 10.3. The molecule has 0 saturated carbocycles. The van der Waals surface area contributed by atoms with Crippen LogP contribution in [0.2, 0.25) is 0 Å². The first-order valence-electron chi connectivity index (χ1n) is 5.13. The predicted molar refractivity (Wildman–Crippen MR) is 72.2 cm³/mol. The van der Waals surface area contributed by atoms with E-state index in [0.717, 1.165) is 0 Å². The third-order valence-electron chi connectivity index (χ3n) is 2.08. The molecule has 0 aliphatic carbocycles. The smallest absolute Gasteiger partial charge is 0.210 e. The first kappa shape index (κ1) is 12.8. The zero-order chi connectivity index (χ0) is 12.8. The number of nitrogens with zero attached hydrogens (tertiary/aromatic N) is 2. The van der Waals surface area contributed by atoms with E-state index in [1.807, 2.05) is 18.2 Å². The molecule has 0 amide bonds. The Morgan fingerprint density at radius 2 is 1.39 bits per heavy atom. The van der Waals surface area contributed by atoms with Crippen LogP contribution in [0.1, 0.15) is 0 Å². The first-order valence-corrected chi connectivity index (χ1v) is 7.91. The summed E-state index contributed by atoms with van der Waals surface area (Å²) in [6.45, 7) is 0. The second-order valence-corrected chi connectivity index (χ2v) is 6.81. The molecule has 2 aromatic rings. The van der Waals surface area contributed by atoms with E-state index in [2.05, 4.69) is 9.63 Å². The zero-order valence-electron chi connectivity index (χ0n) is 9.30. The molecular formula is C12H10N2O2S2. The van der Waals surface area contributed by atoms with E-state index < -0.39 is 8.87 Å². The molecule has 0 aliphatic rings. The molecule has 2 rings (SSSR count). The number of hydrogen-bond donors (Lipinski definition) is 0. The average Bonchev–Trinajstić information content (AvgIpc) is 2.41. The number of hydrogen-bond acceptors (Lipinski definition) is 5. The number of benzene rings is 2. The zero-order valence-corrected chi connectivity index (χ0v) is 10.9. The van der Waals surface area contributed by atoms with Crippen LogP contribution < -0.4 is 0 Å². The summed E-state index contributed by atoms with van der Waals surface area (Å²) in [5.74, 6) is 0. The minimum atomic E-state index is -3.47. The van der Waals surface area contributed by atoms with Crippen molar-refractivity contribution in [3.63, 3.8) is 0 Å². The van der Waals surface area contributed by atoms with E-state index in [-0.39, 0.29) is 4.90 Å². The molecule has 4 nitrogen and oxygen atoms in total. The Hall–Kier alpha value is -1.66. The summed E-state index contributed by atoms with van der Waals surface area (Å²) in [6.07, 6.45) is 0. The fraction of sp³-hybridized carbons (Fsp3) is 0. The van der Waals surface area contributed by atoms with Gasteiger partial charge in [0.15, 0.2) is 0 Å². The van der Waals surface area contributed by atoms with Crippen LogP contribution in [0.25, 0.3) is 0 Å². The lowest BCUT2D eigenvalue weighted by Crippen LogP contribution is -1.92. The monoisotopic (exact) mass is 278 g/mol. The van der Waals surface area contributed by atoms with Gasteiger partial charge in [-0.25, -0.2) is 8.42 Å². The van der Waals surface area contributed by atoms with Gasteiger partial charge in [0.25, 0.3) is 8.87 Å². The molecule has 92 valence electrons. The highest BCUT2D eigenvalue weighted by molar-refractivity contribution is 8.71. The van der Waals surface area contributed by atoms with Crippen LogP contribution in [0.3, 0.4) is 0 Å². The van der Waals surface area contributed by atoms with E-state index in [0.29, 0.717) is 16.7 Å². The van der Waals surface area contributed by atoms with Gasteiger partial charge in [-0.2, -0.15) is 0 Å². The second-order valence-electron chi connectivity index (χ2n) is 3.36. The molecule has 0 saturated heterocycles. The summed E-state index contributed by atoms with van der Waals surface area (Å²) < 4.78 is 27.3. The van der Waals surface area contributed by atoms with Crippen molar-refractivity contribution >= 4 is 25.5 Å². The van der Waals surface area contributed by atoms with Crippen molar-refractivity contribution in [3.8, 4) is 0 Å². The lowest BCUT2D eigenvalue weighted by molar-refractivity contribution is 0.610. The Morgan fingerprint density at radius 3 is 2.00 bits per heavy atom. The van der Waals surface area contributed by atoms with Gasteiger partial charge in [-0.15, -0.1) is 5.11 Å². The van der Waals surface area contributed by atoms with Crippen molar-refractivity contribution < 1.29 is 8.42 Å². The highest BCUT2D eigenvalue weighted by atomic mass is 33.1. The van der Waals surface area contributed by atoms with Crippen molar-refractivity contribution in [1.29, 1.82) is 0 Å². The SMILES string of the molecule is O=S(=O)(SN=Nc1ccccc1)c1ccccc1. The summed E-state index contributed by atoms with van der Waals surface area (Å²) in [6, 6.07) is 17.1. The Bertz CT molecular complexity index is 626. The maximum Gasteiger partial charge on any atom is 0.252 e. The minimum Gasteiger partial charge on any atom is -0.210 e. The molecule has 18 heavy (non-hydrogen) atoms. The van der Waals surface area contributed by atoms with Crippen molar-refractivity contribution in [2.45, 2.75) is 4.90 Å². The van der Waals surface area contributed by atoms with Crippen molar-refractivity contribution in [2.75, 3.05) is 0 Å². The van der Waals surface area contributed by atoms with Gasteiger partial charge in [-0.1, -0.05) is 40.9 Å². The molecule has 2 aromatic carbocycles. The van der Waals surface area contributed by atoms with Gasteiger partial charge < -0.3 is 0 Å². The largest absolute Gasteiger partial charge is 0.252 e. The van der Waals surface area contributed by atoms with Crippen LogP contribution in [-0.2, 0) is 8.87 Å². The third kappa shape index (κ3) is 3.41.